The maximum Gasteiger partial charge on any atom is 0.127 e. The van der Waals surface area contributed by atoms with Gasteiger partial charge in [0.1, 0.15) is 12.4 Å². The van der Waals surface area contributed by atoms with Gasteiger partial charge in [0, 0.05) is 18.5 Å². The third-order valence-corrected chi connectivity index (χ3v) is 4.20. The van der Waals surface area contributed by atoms with Crippen molar-refractivity contribution in [1.82, 2.24) is 4.90 Å². The molecule has 0 aromatic heterocycles. The van der Waals surface area contributed by atoms with E-state index in [2.05, 4.69) is 47.4 Å². The Morgan fingerprint density at radius 2 is 1.89 bits per heavy atom. The van der Waals surface area contributed by atoms with Crippen molar-refractivity contribution in [1.29, 1.82) is 0 Å². The van der Waals surface area contributed by atoms with Crippen LogP contribution in [0.4, 0.5) is 0 Å². The average molecular weight is 253 g/mol. The summed E-state index contributed by atoms with van der Waals surface area (Å²) in [6, 6.07) is 15.4. The Hall–Kier alpha value is -1.54. The van der Waals surface area contributed by atoms with Gasteiger partial charge in [-0.3, -0.25) is 4.90 Å². The molecule has 0 N–H and O–H groups in total. The van der Waals surface area contributed by atoms with Gasteiger partial charge in [-0.1, -0.05) is 36.4 Å². The van der Waals surface area contributed by atoms with Crippen LogP contribution in [0.3, 0.4) is 0 Å². The normalized spacial score (nSPS) is 25.5. The van der Waals surface area contributed by atoms with Crippen molar-refractivity contribution in [2.75, 3.05) is 19.7 Å². The zero-order chi connectivity index (χ0) is 12.7. The minimum atomic E-state index is 0.652. The van der Waals surface area contributed by atoms with Crippen LogP contribution in [0.1, 0.15) is 12.8 Å². The monoisotopic (exact) mass is 253 g/mol. The molecule has 0 amide bonds. The Labute approximate surface area is 114 Å². The average Bonchev–Trinajstić information content (AvgIpc) is 3.36. The van der Waals surface area contributed by atoms with Crippen LogP contribution in [0, 0.1) is 5.92 Å². The Morgan fingerprint density at radius 3 is 2.79 bits per heavy atom. The van der Waals surface area contributed by atoms with Crippen LogP contribution in [-0.2, 0) is 0 Å². The Morgan fingerprint density at radius 1 is 1.05 bits per heavy atom. The molecule has 2 aromatic carbocycles. The highest BCUT2D eigenvalue weighted by atomic mass is 16.5. The lowest BCUT2D eigenvalue weighted by molar-refractivity contribution is 0.295. The second-order valence-electron chi connectivity index (χ2n) is 5.84. The molecule has 0 radical (unpaired) electrons. The molecule has 2 heteroatoms. The summed E-state index contributed by atoms with van der Waals surface area (Å²) in [5.74, 6) is 2.01. The SMILES string of the molecule is c1ccc2c(OCC3CN3CC3CC3)cccc2c1. The van der Waals surface area contributed by atoms with E-state index in [9.17, 15) is 0 Å². The second kappa shape index (κ2) is 4.53. The molecule has 2 fully saturated rings. The van der Waals surface area contributed by atoms with E-state index in [0.29, 0.717) is 6.04 Å². The maximum atomic E-state index is 6.03. The van der Waals surface area contributed by atoms with E-state index in [0.717, 1.165) is 18.3 Å². The van der Waals surface area contributed by atoms with Crippen LogP contribution in [0.5, 0.6) is 5.75 Å². The van der Waals surface area contributed by atoms with Gasteiger partial charge in [-0.05, 0) is 30.2 Å². The fourth-order valence-electron chi connectivity index (χ4n) is 2.74. The first-order valence-corrected chi connectivity index (χ1v) is 7.25. The smallest absolute Gasteiger partial charge is 0.127 e. The third kappa shape index (κ3) is 2.45. The Balaban J connectivity index is 1.41. The fourth-order valence-corrected chi connectivity index (χ4v) is 2.74. The van der Waals surface area contributed by atoms with Gasteiger partial charge >= 0.3 is 0 Å². The molecule has 98 valence electrons. The van der Waals surface area contributed by atoms with Gasteiger partial charge in [-0.15, -0.1) is 0 Å². The summed E-state index contributed by atoms with van der Waals surface area (Å²) in [5.41, 5.74) is 0. The Bertz CT molecular complexity index is 585. The van der Waals surface area contributed by atoms with Crippen LogP contribution in [0.15, 0.2) is 42.5 Å². The molecule has 1 saturated heterocycles. The highest BCUT2D eigenvalue weighted by Crippen LogP contribution is 2.34. The zero-order valence-electron chi connectivity index (χ0n) is 11.1. The lowest BCUT2D eigenvalue weighted by atomic mass is 10.1. The lowest BCUT2D eigenvalue weighted by Gasteiger charge is -2.09. The van der Waals surface area contributed by atoms with Crippen LogP contribution in [0.25, 0.3) is 10.8 Å². The van der Waals surface area contributed by atoms with E-state index >= 15 is 0 Å². The van der Waals surface area contributed by atoms with Crippen LogP contribution >= 0.6 is 0 Å². The van der Waals surface area contributed by atoms with Crippen molar-refractivity contribution in [3.05, 3.63) is 42.5 Å². The van der Waals surface area contributed by atoms with Crippen molar-refractivity contribution in [2.45, 2.75) is 18.9 Å². The van der Waals surface area contributed by atoms with Crippen LogP contribution in [0.2, 0.25) is 0 Å². The van der Waals surface area contributed by atoms with E-state index in [1.165, 1.54) is 36.7 Å². The first-order valence-electron chi connectivity index (χ1n) is 7.25. The van der Waals surface area contributed by atoms with E-state index in [1.807, 2.05) is 0 Å². The van der Waals surface area contributed by atoms with Crippen molar-refractivity contribution in [2.24, 2.45) is 5.92 Å². The molecular weight excluding hydrogens is 234 g/mol. The van der Waals surface area contributed by atoms with Crippen molar-refractivity contribution in [3.8, 4) is 5.75 Å². The molecule has 1 aliphatic heterocycles. The topological polar surface area (TPSA) is 12.2 Å². The highest BCUT2D eigenvalue weighted by Gasteiger charge is 2.38. The first kappa shape index (κ1) is 11.3. The number of rotatable bonds is 5. The predicted molar refractivity (Wildman–Crippen MR) is 77.5 cm³/mol. The largest absolute Gasteiger partial charge is 0.491 e. The summed E-state index contributed by atoms with van der Waals surface area (Å²) >= 11 is 0. The molecule has 1 aliphatic carbocycles. The zero-order valence-corrected chi connectivity index (χ0v) is 11.1. The summed E-state index contributed by atoms with van der Waals surface area (Å²) in [6.45, 7) is 3.35. The number of hydrogen-bond donors (Lipinski definition) is 0. The maximum absolute atomic E-state index is 6.03. The molecule has 0 spiro atoms. The van der Waals surface area contributed by atoms with Gasteiger partial charge in [0.15, 0.2) is 0 Å². The minimum absolute atomic E-state index is 0.652. The summed E-state index contributed by atoms with van der Waals surface area (Å²) < 4.78 is 6.03. The van der Waals surface area contributed by atoms with E-state index in [4.69, 9.17) is 4.74 Å². The summed E-state index contributed by atoms with van der Waals surface area (Å²) in [7, 11) is 0. The number of fused-ring (bicyclic) bond motifs is 1. The Kier molecular flexibility index (Phi) is 2.70. The molecule has 2 aliphatic rings. The molecule has 1 saturated carbocycles. The van der Waals surface area contributed by atoms with Crippen LogP contribution < -0.4 is 4.74 Å². The molecule has 1 heterocycles. The van der Waals surface area contributed by atoms with Crippen molar-refractivity contribution >= 4 is 10.8 Å². The molecule has 19 heavy (non-hydrogen) atoms. The number of benzene rings is 2. The summed E-state index contributed by atoms with van der Waals surface area (Å²) in [6.07, 6.45) is 2.88. The van der Waals surface area contributed by atoms with Crippen molar-refractivity contribution < 1.29 is 4.74 Å². The van der Waals surface area contributed by atoms with E-state index in [-0.39, 0.29) is 0 Å². The van der Waals surface area contributed by atoms with Gasteiger partial charge in [0.05, 0.1) is 6.04 Å². The van der Waals surface area contributed by atoms with Gasteiger partial charge < -0.3 is 4.74 Å². The van der Waals surface area contributed by atoms with E-state index < -0.39 is 0 Å². The number of nitrogens with zero attached hydrogens (tertiary/aromatic N) is 1. The fraction of sp³-hybridized carbons (Fsp3) is 0.412. The molecule has 4 rings (SSSR count). The number of hydrogen-bond acceptors (Lipinski definition) is 2. The molecule has 2 nitrogen and oxygen atoms in total. The number of ether oxygens (including phenoxy) is 1. The first-order chi connectivity index (χ1) is 9.40. The summed E-state index contributed by atoms with van der Waals surface area (Å²) in [4.78, 5) is 2.54. The molecular formula is C17H19NO. The van der Waals surface area contributed by atoms with Gasteiger partial charge in [0.25, 0.3) is 0 Å². The second-order valence-corrected chi connectivity index (χ2v) is 5.84. The molecule has 2 aromatic rings. The summed E-state index contributed by atoms with van der Waals surface area (Å²) in [5, 5.41) is 2.48. The van der Waals surface area contributed by atoms with E-state index in [1.54, 1.807) is 0 Å². The molecule has 2 unspecified atom stereocenters. The van der Waals surface area contributed by atoms with Crippen molar-refractivity contribution in [3.63, 3.8) is 0 Å². The molecule has 0 bridgehead atoms. The minimum Gasteiger partial charge on any atom is -0.491 e. The highest BCUT2D eigenvalue weighted by molar-refractivity contribution is 5.88. The lowest BCUT2D eigenvalue weighted by Crippen LogP contribution is -2.12. The molecule has 2 atom stereocenters. The quantitative estimate of drug-likeness (QED) is 0.758. The van der Waals surface area contributed by atoms with Crippen LogP contribution in [-0.4, -0.2) is 30.6 Å². The van der Waals surface area contributed by atoms with Gasteiger partial charge in [-0.2, -0.15) is 0 Å². The van der Waals surface area contributed by atoms with Gasteiger partial charge in [0.2, 0.25) is 0 Å². The third-order valence-electron chi connectivity index (χ3n) is 4.20. The predicted octanol–water partition coefficient (Wildman–Crippen LogP) is 3.31. The standard InChI is InChI=1S/C17H19NO/c1-2-6-16-14(4-1)5-3-7-17(16)19-12-15-11-18(15)10-13-8-9-13/h1-7,13,15H,8-12H2. The van der Waals surface area contributed by atoms with Gasteiger partial charge in [-0.25, -0.2) is 0 Å².